The SMILES string of the molecule is Cn1cc(C(=O)N2CCN(CCO)CC2)c(-c2ccccc2Cl)n1. The standard InChI is InChI=1S/C17H21ClN4O2/c1-20-12-14(16(19-20)13-4-2-3-5-15(13)18)17(24)22-8-6-21(7-9-22)10-11-23/h2-5,12,23H,6-11H2,1H3. The van der Waals surface area contributed by atoms with E-state index in [4.69, 9.17) is 16.7 Å². The van der Waals surface area contributed by atoms with E-state index in [1.54, 1.807) is 24.0 Å². The van der Waals surface area contributed by atoms with E-state index in [1.165, 1.54) is 0 Å². The fourth-order valence-corrected chi connectivity index (χ4v) is 3.21. The van der Waals surface area contributed by atoms with Gasteiger partial charge in [-0.1, -0.05) is 29.8 Å². The summed E-state index contributed by atoms with van der Waals surface area (Å²) in [5.74, 6) is -0.0262. The topological polar surface area (TPSA) is 61.6 Å². The lowest BCUT2D eigenvalue weighted by Gasteiger charge is -2.34. The van der Waals surface area contributed by atoms with Gasteiger partial charge in [0.1, 0.15) is 5.69 Å². The van der Waals surface area contributed by atoms with Crippen LogP contribution in [-0.2, 0) is 7.05 Å². The van der Waals surface area contributed by atoms with E-state index < -0.39 is 0 Å². The number of aliphatic hydroxyl groups excluding tert-OH is 1. The fraction of sp³-hybridized carbons (Fsp3) is 0.412. The Morgan fingerprint density at radius 2 is 1.96 bits per heavy atom. The lowest BCUT2D eigenvalue weighted by molar-refractivity contribution is 0.0615. The molecule has 0 radical (unpaired) electrons. The summed E-state index contributed by atoms with van der Waals surface area (Å²) in [7, 11) is 1.80. The zero-order valence-corrected chi connectivity index (χ0v) is 14.4. The van der Waals surface area contributed by atoms with Crippen LogP contribution in [0.2, 0.25) is 5.02 Å². The van der Waals surface area contributed by atoms with Crippen LogP contribution in [0.3, 0.4) is 0 Å². The van der Waals surface area contributed by atoms with Crippen LogP contribution in [0, 0.1) is 0 Å². The first-order valence-electron chi connectivity index (χ1n) is 8.01. The molecule has 1 amide bonds. The molecule has 2 heterocycles. The van der Waals surface area contributed by atoms with Crippen LogP contribution in [0.1, 0.15) is 10.4 Å². The third-order valence-electron chi connectivity index (χ3n) is 4.26. The van der Waals surface area contributed by atoms with Crippen LogP contribution in [0.5, 0.6) is 0 Å². The summed E-state index contributed by atoms with van der Waals surface area (Å²) in [5.41, 5.74) is 1.95. The summed E-state index contributed by atoms with van der Waals surface area (Å²) in [6.07, 6.45) is 1.75. The van der Waals surface area contributed by atoms with Gasteiger partial charge in [0.2, 0.25) is 0 Å². The van der Waals surface area contributed by atoms with E-state index in [-0.39, 0.29) is 12.5 Å². The highest BCUT2D eigenvalue weighted by molar-refractivity contribution is 6.33. The van der Waals surface area contributed by atoms with E-state index in [9.17, 15) is 4.79 Å². The number of carbonyl (C=O) groups excluding carboxylic acids is 1. The van der Waals surface area contributed by atoms with Gasteiger partial charge in [0, 0.05) is 51.5 Å². The normalized spacial score (nSPS) is 15.7. The second-order valence-corrected chi connectivity index (χ2v) is 6.31. The summed E-state index contributed by atoms with van der Waals surface area (Å²) in [5, 5.41) is 14.0. The van der Waals surface area contributed by atoms with Gasteiger partial charge in [0.15, 0.2) is 0 Å². The molecular weight excluding hydrogens is 328 g/mol. The summed E-state index contributed by atoms with van der Waals surface area (Å²) >= 11 is 6.28. The number of amides is 1. The summed E-state index contributed by atoms with van der Waals surface area (Å²) in [6.45, 7) is 3.64. The van der Waals surface area contributed by atoms with Gasteiger partial charge in [-0.25, -0.2) is 0 Å². The number of hydrogen-bond acceptors (Lipinski definition) is 4. The Kier molecular flexibility index (Phi) is 5.18. The third-order valence-corrected chi connectivity index (χ3v) is 4.59. The maximum absolute atomic E-state index is 12.9. The zero-order valence-electron chi connectivity index (χ0n) is 13.7. The van der Waals surface area contributed by atoms with Crippen LogP contribution in [0.4, 0.5) is 0 Å². The van der Waals surface area contributed by atoms with E-state index in [0.717, 1.165) is 18.7 Å². The van der Waals surface area contributed by atoms with Gasteiger partial charge in [-0.2, -0.15) is 5.10 Å². The molecule has 0 unspecified atom stereocenters. The monoisotopic (exact) mass is 348 g/mol. The van der Waals surface area contributed by atoms with Crippen molar-refractivity contribution in [3.05, 3.63) is 41.0 Å². The van der Waals surface area contributed by atoms with Crippen molar-refractivity contribution in [1.29, 1.82) is 0 Å². The number of halogens is 1. The first-order chi connectivity index (χ1) is 11.6. The number of benzene rings is 1. The Labute approximate surface area is 146 Å². The average molecular weight is 349 g/mol. The highest BCUT2D eigenvalue weighted by atomic mass is 35.5. The van der Waals surface area contributed by atoms with Crippen LogP contribution >= 0.6 is 11.6 Å². The van der Waals surface area contributed by atoms with Crippen molar-refractivity contribution in [2.45, 2.75) is 0 Å². The fourth-order valence-electron chi connectivity index (χ4n) is 2.98. The number of aromatic nitrogens is 2. The molecule has 0 spiro atoms. The first kappa shape index (κ1) is 17.0. The minimum absolute atomic E-state index is 0.0262. The molecule has 6 nitrogen and oxygen atoms in total. The smallest absolute Gasteiger partial charge is 0.257 e. The van der Waals surface area contributed by atoms with Crippen molar-refractivity contribution in [2.24, 2.45) is 7.05 Å². The summed E-state index contributed by atoms with van der Waals surface area (Å²) in [4.78, 5) is 16.9. The second kappa shape index (κ2) is 7.34. The van der Waals surface area contributed by atoms with Gasteiger partial charge in [-0.3, -0.25) is 14.4 Å². The van der Waals surface area contributed by atoms with Gasteiger partial charge in [-0.15, -0.1) is 0 Å². The lowest BCUT2D eigenvalue weighted by Crippen LogP contribution is -2.49. The van der Waals surface area contributed by atoms with Crippen LogP contribution in [0.15, 0.2) is 30.5 Å². The molecule has 1 aliphatic rings. The quantitative estimate of drug-likeness (QED) is 0.909. The number of β-amino-alcohol motifs (C(OH)–C–C–N with tert-alkyl or cyclic N) is 1. The van der Waals surface area contributed by atoms with Crippen molar-refractivity contribution in [1.82, 2.24) is 19.6 Å². The average Bonchev–Trinajstić information content (AvgIpc) is 2.97. The molecule has 0 bridgehead atoms. The predicted molar refractivity (Wildman–Crippen MR) is 93.1 cm³/mol. The second-order valence-electron chi connectivity index (χ2n) is 5.90. The van der Waals surface area contributed by atoms with E-state index in [1.807, 2.05) is 23.1 Å². The maximum Gasteiger partial charge on any atom is 0.257 e. The summed E-state index contributed by atoms with van der Waals surface area (Å²) in [6, 6.07) is 7.42. The number of rotatable bonds is 4. The third kappa shape index (κ3) is 3.45. The number of piperazine rings is 1. The largest absolute Gasteiger partial charge is 0.395 e. The molecule has 0 saturated carbocycles. The van der Waals surface area contributed by atoms with Crippen molar-refractivity contribution in [3.63, 3.8) is 0 Å². The molecule has 7 heteroatoms. The Morgan fingerprint density at radius 1 is 1.25 bits per heavy atom. The van der Waals surface area contributed by atoms with Gasteiger partial charge in [0.25, 0.3) is 5.91 Å². The molecule has 1 aromatic heterocycles. The van der Waals surface area contributed by atoms with Crippen LogP contribution in [0.25, 0.3) is 11.3 Å². The van der Waals surface area contributed by atoms with Gasteiger partial charge in [0.05, 0.1) is 17.2 Å². The van der Waals surface area contributed by atoms with Gasteiger partial charge in [-0.05, 0) is 6.07 Å². The van der Waals surface area contributed by atoms with E-state index >= 15 is 0 Å². The molecule has 1 aliphatic heterocycles. The molecule has 3 rings (SSSR count). The molecule has 2 aromatic rings. The Balaban J connectivity index is 1.83. The number of aliphatic hydroxyl groups is 1. The van der Waals surface area contributed by atoms with Crippen molar-refractivity contribution >= 4 is 17.5 Å². The predicted octanol–water partition coefficient (Wildman–Crippen LogP) is 1.49. The molecule has 1 fully saturated rings. The van der Waals surface area contributed by atoms with Crippen molar-refractivity contribution < 1.29 is 9.90 Å². The van der Waals surface area contributed by atoms with Crippen molar-refractivity contribution in [2.75, 3.05) is 39.3 Å². The van der Waals surface area contributed by atoms with E-state index in [2.05, 4.69) is 10.00 Å². The Morgan fingerprint density at radius 3 is 2.62 bits per heavy atom. The molecule has 0 aliphatic carbocycles. The molecule has 128 valence electrons. The molecule has 1 saturated heterocycles. The Bertz CT molecular complexity index is 723. The van der Waals surface area contributed by atoms with Crippen LogP contribution in [-0.4, -0.2) is 69.9 Å². The minimum atomic E-state index is -0.0262. The molecule has 24 heavy (non-hydrogen) atoms. The minimum Gasteiger partial charge on any atom is -0.395 e. The van der Waals surface area contributed by atoms with Gasteiger partial charge >= 0.3 is 0 Å². The molecule has 1 N–H and O–H groups in total. The zero-order chi connectivity index (χ0) is 17.1. The maximum atomic E-state index is 12.9. The number of carbonyl (C=O) groups is 1. The highest BCUT2D eigenvalue weighted by Gasteiger charge is 2.26. The molecule has 0 atom stereocenters. The van der Waals surface area contributed by atoms with Crippen LogP contribution < -0.4 is 0 Å². The number of nitrogens with zero attached hydrogens (tertiary/aromatic N) is 4. The molecule has 1 aromatic carbocycles. The van der Waals surface area contributed by atoms with Crippen molar-refractivity contribution in [3.8, 4) is 11.3 Å². The Hall–Kier alpha value is -1.89. The molecular formula is C17H21ClN4O2. The lowest BCUT2D eigenvalue weighted by atomic mass is 10.1. The van der Waals surface area contributed by atoms with E-state index in [0.29, 0.717) is 35.9 Å². The highest BCUT2D eigenvalue weighted by Crippen LogP contribution is 2.29. The number of hydrogen-bond donors (Lipinski definition) is 1. The summed E-state index contributed by atoms with van der Waals surface area (Å²) < 4.78 is 1.65. The first-order valence-corrected chi connectivity index (χ1v) is 8.39. The number of aryl methyl sites for hydroxylation is 1. The van der Waals surface area contributed by atoms with Gasteiger partial charge < -0.3 is 10.0 Å².